The average Bonchev–Trinajstić information content (AvgIpc) is 3.14. The number of nitrogens with zero attached hydrogens (tertiary/aromatic N) is 7. The Balaban J connectivity index is 1.27. The van der Waals surface area contributed by atoms with Crippen molar-refractivity contribution in [2.45, 2.75) is 38.8 Å². The second-order valence-corrected chi connectivity index (χ2v) is 8.84. The molecule has 2 aliphatic rings. The molecule has 5 heterocycles. The van der Waals surface area contributed by atoms with Gasteiger partial charge in [0, 0.05) is 35.9 Å². The predicted molar refractivity (Wildman–Crippen MR) is 115 cm³/mol. The summed E-state index contributed by atoms with van der Waals surface area (Å²) >= 11 is 1.65. The van der Waals surface area contributed by atoms with Crippen LogP contribution in [0.4, 0.5) is 16.9 Å². The Morgan fingerprint density at radius 2 is 2.20 bits per heavy atom. The molecule has 0 bridgehead atoms. The maximum absolute atomic E-state index is 4.85. The van der Waals surface area contributed by atoms with Gasteiger partial charge in [0.05, 0.1) is 35.7 Å². The first-order valence-corrected chi connectivity index (χ1v) is 10.9. The average molecular weight is 420 g/mol. The normalized spacial score (nSPS) is 15.6. The van der Waals surface area contributed by atoms with E-state index < -0.39 is 0 Å². The van der Waals surface area contributed by atoms with Crippen molar-refractivity contribution in [3.05, 3.63) is 47.0 Å². The molecular weight excluding hydrogens is 398 g/mol. The van der Waals surface area contributed by atoms with E-state index in [2.05, 4.69) is 47.3 Å². The van der Waals surface area contributed by atoms with Crippen molar-refractivity contribution in [2.24, 2.45) is 0 Å². The van der Waals surface area contributed by atoms with Crippen LogP contribution < -0.4 is 10.2 Å². The lowest BCUT2D eigenvalue weighted by Gasteiger charge is -2.21. The van der Waals surface area contributed by atoms with Crippen molar-refractivity contribution in [1.82, 2.24) is 34.9 Å². The number of thiazole rings is 1. The highest BCUT2D eigenvalue weighted by Crippen LogP contribution is 2.39. The van der Waals surface area contributed by atoms with E-state index in [0.29, 0.717) is 12.0 Å². The predicted octanol–water partition coefficient (Wildman–Crippen LogP) is 3.47. The summed E-state index contributed by atoms with van der Waals surface area (Å²) in [4.78, 5) is 17.1. The SMILES string of the molecule is Cc1ccnc(Nc2nc3c(s2)CCN(Cc2ccn(C4CC4)n2)c2[nH]ncc2-3)n1. The van der Waals surface area contributed by atoms with Crippen molar-refractivity contribution in [1.29, 1.82) is 0 Å². The Morgan fingerprint density at radius 3 is 3.07 bits per heavy atom. The number of aromatic nitrogens is 7. The molecule has 0 radical (unpaired) electrons. The van der Waals surface area contributed by atoms with Gasteiger partial charge < -0.3 is 10.2 Å². The highest BCUT2D eigenvalue weighted by molar-refractivity contribution is 7.16. The van der Waals surface area contributed by atoms with Crippen LogP contribution >= 0.6 is 11.3 Å². The quantitative estimate of drug-likeness (QED) is 0.511. The highest BCUT2D eigenvalue weighted by Gasteiger charge is 2.27. The number of hydrogen-bond donors (Lipinski definition) is 2. The van der Waals surface area contributed by atoms with Gasteiger partial charge in [0.2, 0.25) is 5.95 Å². The van der Waals surface area contributed by atoms with Gasteiger partial charge in [0.25, 0.3) is 0 Å². The zero-order valence-electron chi connectivity index (χ0n) is 16.5. The van der Waals surface area contributed by atoms with Gasteiger partial charge in [0.15, 0.2) is 5.13 Å². The van der Waals surface area contributed by atoms with Gasteiger partial charge in [-0.1, -0.05) is 0 Å². The lowest BCUT2D eigenvalue weighted by molar-refractivity contribution is 0.623. The number of rotatable bonds is 5. The molecule has 10 heteroatoms. The Bertz CT molecular complexity index is 1200. The summed E-state index contributed by atoms with van der Waals surface area (Å²) in [5.41, 5.74) is 4.01. The molecule has 0 saturated heterocycles. The van der Waals surface area contributed by atoms with E-state index in [1.807, 2.05) is 19.2 Å². The fourth-order valence-electron chi connectivity index (χ4n) is 3.79. The van der Waals surface area contributed by atoms with E-state index in [1.165, 1.54) is 17.7 Å². The summed E-state index contributed by atoms with van der Waals surface area (Å²) < 4.78 is 2.10. The molecule has 0 aromatic carbocycles. The first-order valence-electron chi connectivity index (χ1n) is 10.1. The minimum atomic E-state index is 0.569. The standard InChI is InChI=1S/C20H21N9S/c1-12-4-7-21-19(23-12)25-20-24-17-15-10-22-26-18(15)28(8-6-16(17)30-20)11-13-5-9-29(27-13)14-2-3-14/h4-5,7,9-10,14H,2-3,6,8,11H2,1H3,(H,22,26)(H,21,23,24,25). The summed E-state index contributed by atoms with van der Waals surface area (Å²) in [6.45, 7) is 3.58. The van der Waals surface area contributed by atoms with Crippen molar-refractivity contribution in [3.63, 3.8) is 0 Å². The summed E-state index contributed by atoms with van der Waals surface area (Å²) in [7, 11) is 0. The van der Waals surface area contributed by atoms with Gasteiger partial charge in [-0.3, -0.25) is 9.78 Å². The van der Waals surface area contributed by atoms with Crippen LogP contribution in [0.3, 0.4) is 0 Å². The molecule has 1 aliphatic heterocycles. The molecule has 0 unspecified atom stereocenters. The molecular formula is C20H21N9S. The fourth-order valence-corrected chi connectivity index (χ4v) is 4.75. The Kier molecular flexibility index (Phi) is 4.05. The second-order valence-electron chi connectivity index (χ2n) is 7.76. The van der Waals surface area contributed by atoms with Crippen LogP contribution in [0.25, 0.3) is 11.3 Å². The van der Waals surface area contributed by atoms with Gasteiger partial charge in [-0.25, -0.2) is 15.0 Å². The first-order chi connectivity index (χ1) is 14.7. The first kappa shape index (κ1) is 17.6. The zero-order valence-corrected chi connectivity index (χ0v) is 17.4. The molecule has 0 atom stereocenters. The van der Waals surface area contributed by atoms with E-state index in [-0.39, 0.29) is 0 Å². The number of nitrogens with one attached hydrogen (secondary N) is 2. The minimum absolute atomic E-state index is 0.569. The number of aryl methyl sites for hydroxylation is 1. The topological polar surface area (TPSA) is 100 Å². The van der Waals surface area contributed by atoms with E-state index >= 15 is 0 Å². The zero-order chi connectivity index (χ0) is 20.1. The Labute approximate surface area is 177 Å². The van der Waals surface area contributed by atoms with Crippen molar-refractivity contribution in [2.75, 3.05) is 16.8 Å². The van der Waals surface area contributed by atoms with Crippen LogP contribution in [0.5, 0.6) is 0 Å². The van der Waals surface area contributed by atoms with Gasteiger partial charge in [-0.05, 0) is 31.9 Å². The van der Waals surface area contributed by atoms with Crippen LogP contribution in [-0.2, 0) is 13.0 Å². The molecule has 4 aromatic rings. The molecule has 0 spiro atoms. The number of aromatic amines is 1. The highest BCUT2D eigenvalue weighted by atomic mass is 32.1. The summed E-state index contributed by atoms with van der Waals surface area (Å²) in [6, 6.07) is 4.60. The number of hydrogen-bond acceptors (Lipinski definition) is 8. The molecule has 30 heavy (non-hydrogen) atoms. The molecule has 152 valence electrons. The number of fused-ring (bicyclic) bond motifs is 3. The van der Waals surface area contributed by atoms with Gasteiger partial charge in [-0.2, -0.15) is 10.2 Å². The van der Waals surface area contributed by atoms with E-state index in [4.69, 9.17) is 10.1 Å². The van der Waals surface area contributed by atoms with Crippen LogP contribution in [0.1, 0.15) is 35.1 Å². The second kappa shape index (κ2) is 6.91. The lowest BCUT2D eigenvalue weighted by Crippen LogP contribution is -2.25. The van der Waals surface area contributed by atoms with Crippen molar-refractivity contribution < 1.29 is 0 Å². The van der Waals surface area contributed by atoms with E-state index in [0.717, 1.165) is 53.1 Å². The van der Waals surface area contributed by atoms with Crippen molar-refractivity contribution in [3.8, 4) is 11.3 Å². The Morgan fingerprint density at radius 1 is 1.27 bits per heavy atom. The third kappa shape index (κ3) is 3.22. The van der Waals surface area contributed by atoms with Crippen LogP contribution in [0.15, 0.2) is 30.7 Å². The smallest absolute Gasteiger partial charge is 0.229 e. The summed E-state index contributed by atoms with van der Waals surface area (Å²) in [5, 5.41) is 16.3. The fraction of sp³-hybridized carbons (Fsp3) is 0.350. The number of anilines is 3. The third-order valence-electron chi connectivity index (χ3n) is 5.45. The lowest BCUT2D eigenvalue weighted by atomic mass is 10.2. The van der Waals surface area contributed by atoms with Crippen LogP contribution in [-0.4, -0.2) is 41.5 Å². The van der Waals surface area contributed by atoms with E-state index in [9.17, 15) is 0 Å². The van der Waals surface area contributed by atoms with Gasteiger partial charge in [0.1, 0.15) is 5.82 Å². The van der Waals surface area contributed by atoms with Gasteiger partial charge in [-0.15, -0.1) is 11.3 Å². The maximum Gasteiger partial charge on any atom is 0.229 e. The van der Waals surface area contributed by atoms with Crippen LogP contribution in [0, 0.1) is 6.92 Å². The molecule has 1 saturated carbocycles. The van der Waals surface area contributed by atoms with Crippen molar-refractivity contribution >= 4 is 28.2 Å². The molecule has 4 aromatic heterocycles. The summed E-state index contributed by atoms with van der Waals surface area (Å²) in [5.74, 6) is 1.57. The van der Waals surface area contributed by atoms with Gasteiger partial charge >= 0.3 is 0 Å². The van der Waals surface area contributed by atoms with E-state index in [1.54, 1.807) is 17.5 Å². The molecule has 0 amide bonds. The summed E-state index contributed by atoms with van der Waals surface area (Å²) in [6.07, 6.45) is 9.11. The Hall–Kier alpha value is -3.27. The molecule has 9 nitrogen and oxygen atoms in total. The largest absolute Gasteiger partial charge is 0.350 e. The monoisotopic (exact) mass is 419 g/mol. The number of H-pyrrole nitrogens is 1. The molecule has 6 rings (SSSR count). The molecule has 2 N–H and O–H groups in total. The molecule has 1 fully saturated rings. The van der Waals surface area contributed by atoms with Crippen LogP contribution in [0.2, 0.25) is 0 Å². The minimum Gasteiger partial charge on any atom is -0.350 e. The third-order valence-corrected chi connectivity index (χ3v) is 6.48. The molecule has 1 aliphatic carbocycles. The maximum atomic E-state index is 4.85.